The minimum Gasteiger partial charge on any atom is -0.341 e. The van der Waals surface area contributed by atoms with Crippen molar-refractivity contribution in [3.05, 3.63) is 35.4 Å². The molecular weight excluding hydrogens is 230 g/mol. The normalized spacial score (nSPS) is 10.6. The Morgan fingerprint density at radius 1 is 1.39 bits per heavy atom. The highest BCUT2D eigenvalue weighted by atomic mass is 16.2. The number of hydrogen-bond donors (Lipinski definition) is 2. The molecular formula is C12H17N5O. The second kappa shape index (κ2) is 5.48. The Morgan fingerprint density at radius 3 is 2.83 bits per heavy atom. The molecule has 6 heteroatoms. The van der Waals surface area contributed by atoms with Crippen LogP contribution in [0.4, 0.5) is 0 Å². The summed E-state index contributed by atoms with van der Waals surface area (Å²) in [6, 6.07) is 0. The Morgan fingerprint density at radius 2 is 2.22 bits per heavy atom. The predicted molar refractivity (Wildman–Crippen MR) is 66.7 cm³/mol. The summed E-state index contributed by atoms with van der Waals surface area (Å²) < 4.78 is 0. The summed E-state index contributed by atoms with van der Waals surface area (Å²) >= 11 is 0. The second-order valence-electron chi connectivity index (χ2n) is 4.38. The van der Waals surface area contributed by atoms with Crippen LogP contribution in [0, 0.1) is 6.92 Å². The third kappa shape index (κ3) is 2.97. The second-order valence-corrected chi connectivity index (χ2v) is 4.38. The number of H-pyrrole nitrogens is 2. The zero-order chi connectivity index (χ0) is 13.0. The van der Waals surface area contributed by atoms with Gasteiger partial charge in [-0.2, -0.15) is 10.2 Å². The molecule has 2 rings (SSSR count). The van der Waals surface area contributed by atoms with Gasteiger partial charge in [0.05, 0.1) is 12.4 Å². The number of hydrogen-bond acceptors (Lipinski definition) is 3. The molecule has 0 saturated heterocycles. The van der Waals surface area contributed by atoms with Gasteiger partial charge >= 0.3 is 0 Å². The fourth-order valence-electron chi connectivity index (χ4n) is 1.74. The first-order chi connectivity index (χ1) is 8.66. The zero-order valence-corrected chi connectivity index (χ0v) is 10.6. The highest BCUT2D eigenvalue weighted by Crippen LogP contribution is 2.08. The van der Waals surface area contributed by atoms with Crippen LogP contribution in [0.25, 0.3) is 0 Å². The summed E-state index contributed by atoms with van der Waals surface area (Å²) in [7, 11) is 1.81. The molecule has 18 heavy (non-hydrogen) atoms. The number of aryl methyl sites for hydroxylation is 2. The molecule has 0 aliphatic heterocycles. The minimum atomic E-state index is 0.122. The van der Waals surface area contributed by atoms with Crippen molar-refractivity contribution in [1.82, 2.24) is 25.3 Å². The Kier molecular flexibility index (Phi) is 3.76. The van der Waals surface area contributed by atoms with Gasteiger partial charge in [0.2, 0.25) is 5.91 Å². The van der Waals surface area contributed by atoms with E-state index in [-0.39, 0.29) is 5.91 Å². The van der Waals surface area contributed by atoms with Crippen LogP contribution in [0.5, 0.6) is 0 Å². The van der Waals surface area contributed by atoms with Crippen molar-refractivity contribution in [3.8, 4) is 0 Å². The van der Waals surface area contributed by atoms with E-state index in [9.17, 15) is 4.79 Å². The van der Waals surface area contributed by atoms with Crippen LogP contribution in [-0.4, -0.2) is 38.2 Å². The number of rotatable bonds is 5. The maximum absolute atomic E-state index is 11.9. The van der Waals surface area contributed by atoms with E-state index in [0.717, 1.165) is 16.8 Å². The molecule has 0 aromatic carbocycles. The minimum absolute atomic E-state index is 0.122. The lowest BCUT2D eigenvalue weighted by Crippen LogP contribution is -2.26. The SMILES string of the molecule is Cc1[nH]ncc1CN(C)C(=O)CCc1cn[nH]c1. The van der Waals surface area contributed by atoms with Gasteiger partial charge in [0.15, 0.2) is 0 Å². The van der Waals surface area contributed by atoms with E-state index >= 15 is 0 Å². The van der Waals surface area contributed by atoms with E-state index < -0.39 is 0 Å². The molecule has 0 fully saturated rings. The highest BCUT2D eigenvalue weighted by molar-refractivity contribution is 5.76. The standard InChI is InChI=1S/C12H17N5O/c1-9-11(7-15-16-9)8-17(2)12(18)4-3-10-5-13-14-6-10/h5-7H,3-4,8H2,1-2H3,(H,13,14)(H,15,16). The number of amides is 1. The molecule has 0 saturated carbocycles. The lowest BCUT2D eigenvalue weighted by atomic mass is 10.2. The van der Waals surface area contributed by atoms with Gasteiger partial charge in [-0.15, -0.1) is 0 Å². The summed E-state index contributed by atoms with van der Waals surface area (Å²) in [5.41, 5.74) is 3.11. The molecule has 0 aliphatic rings. The summed E-state index contributed by atoms with van der Waals surface area (Å²) in [6.45, 7) is 2.54. The van der Waals surface area contributed by atoms with E-state index in [4.69, 9.17) is 0 Å². The zero-order valence-electron chi connectivity index (χ0n) is 10.6. The molecule has 0 unspecified atom stereocenters. The van der Waals surface area contributed by atoms with Gasteiger partial charge in [-0.05, 0) is 18.9 Å². The smallest absolute Gasteiger partial charge is 0.222 e. The van der Waals surface area contributed by atoms with Crippen molar-refractivity contribution in [2.45, 2.75) is 26.3 Å². The van der Waals surface area contributed by atoms with E-state index in [0.29, 0.717) is 19.4 Å². The monoisotopic (exact) mass is 247 g/mol. The Balaban J connectivity index is 1.83. The van der Waals surface area contributed by atoms with Crippen LogP contribution in [0.15, 0.2) is 18.6 Å². The molecule has 2 N–H and O–H groups in total. The van der Waals surface area contributed by atoms with Crippen LogP contribution in [0.2, 0.25) is 0 Å². The van der Waals surface area contributed by atoms with Crippen LogP contribution in [-0.2, 0) is 17.8 Å². The quantitative estimate of drug-likeness (QED) is 0.828. The molecule has 96 valence electrons. The highest BCUT2D eigenvalue weighted by Gasteiger charge is 2.11. The fraction of sp³-hybridized carbons (Fsp3) is 0.417. The summed E-state index contributed by atoms with van der Waals surface area (Å²) in [5.74, 6) is 0.122. The van der Waals surface area contributed by atoms with Crippen molar-refractivity contribution >= 4 is 5.91 Å². The molecule has 0 spiro atoms. The molecule has 2 aromatic heterocycles. The van der Waals surface area contributed by atoms with E-state index in [1.54, 1.807) is 17.3 Å². The Bertz CT molecular complexity index is 502. The van der Waals surface area contributed by atoms with Crippen molar-refractivity contribution in [2.75, 3.05) is 7.05 Å². The third-order valence-electron chi connectivity index (χ3n) is 2.95. The maximum Gasteiger partial charge on any atom is 0.222 e. The van der Waals surface area contributed by atoms with Crippen molar-refractivity contribution < 1.29 is 4.79 Å². The number of aromatic nitrogens is 4. The molecule has 2 aromatic rings. The maximum atomic E-state index is 11.9. The van der Waals surface area contributed by atoms with E-state index in [1.165, 1.54) is 0 Å². The first-order valence-corrected chi connectivity index (χ1v) is 5.87. The molecule has 6 nitrogen and oxygen atoms in total. The summed E-state index contributed by atoms with van der Waals surface area (Å²) in [4.78, 5) is 13.7. The average Bonchev–Trinajstić information content (AvgIpc) is 2.99. The van der Waals surface area contributed by atoms with Crippen LogP contribution in [0.1, 0.15) is 23.2 Å². The lowest BCUT2D eigenvalue weighted by molar-refractivity contribution is -0.130. The molecule has 0 aliphatic carbocycles. The number of aromatic amines is 2. The van der Waals surface area contributed by atoms with Crippen molar-refractivity contribution in [3.63, 3.8) is 0 Å². The largest absolute Gasteiger partial charge is 0.341 e. The lowest BCUT2D eigenvalue weighted by Gasteiger charge is -2.16. The predicted octanol–water partition coefficient (Wildman–Crippen LogP) is 1.03. The molecule has 0 bridgehead atoms. The average molecular weight is 247 g/mol. The molecule has 2 heterocycles. The van der Waals surface area contributed by atoms with Crippen LogP contribution in [0.3, 0.4) is 0 Å². The third-order valence-corrected chi connectivity index (χ3v) is 2.95. The van der Waals surface area contributed by atoms with Crippen LogP contribution >= 0.6 is 0 Å². The number of nitrogens with one attached hydrogen (secondary N) is 2. The topological polar surface area (TPSA) is 77.7 Å². The van der Waals surface area contributed by atoms with Gasteiger partial charge in [-0.25, -0.2) is 0 Å². The van der Waals surface area contributed by atoms with Gasteiger partial charge in [0.25, 0.3) is 0 Å². The van der Waals surface area contributed by atoms with Gasteiger partial charge in [-0.3, -0.25) is 15.0 Å². The van der Waals surface area contributed by atoms with Gasteiger partial charge in [0, 0.05) is 37.5 Å². The van der Waals surface area contributed by atoms with E-state index in [1.807, 2.05) is 20.2 Å². The number of carbonyl (C=O) groups is 1. The Labute approximate surface area is 105 Å². The van der Waals surface area contributed by atoms with Crippen LogP contribution < -0.4 is 0 Å². The van der Waals surface area contributed by atoms with Gasteiger partial charge in [0.1, 0.15) is 0 Å². The van der Waals surface area contributed by atoms with Gasteiger partial charge < -0.3 is 4.90 Å². The number of nitrogens with zero attached hydrogens (tertiary/aromatic N) is 3. The Hall–Kier alpha value is -2.11. The fourth-order valence-corrected chi connectivity index (χ4v) is 1.74. The van der Waals surface area contributed by atoms with Crippen molar-refractivity contribution in [2.24, 2.45) is 0 Å². The number of carbonyl (C=O) groups excluding carboxylic acids is 1. The molecule has 0 radical (unpaired) electrons. The first-order valence-electron chi connectivity index (χ1n) is 5.87. The summed E-state index contributed by atoms with van der Waals surface area (Å²) in [6.07, 6.45) is 6.52. The van der Waals surface area contributed by atoms with E-state index in [2.05, 4.69) is 20.4 Å². The van der Waals surface area contributed by atoms with Crippen molar-refractivity contribution in [1.29, 1.82) is 0 Å². The molecule has 1 amide bonds. The molecule has 0 atom stereocenters. The van der Waals surface area contributed by atoms with Gasteiger partial charge in [-0.1, -0.05) is 0 Å². The summed E-state index contributed by atoms with van der Waals surface area (Å²) in [5, 5.41) is 13.4. The first kappa shape index (κ1) is 12.3.